The highest BCUT2D eigenvalue weighted by Gasteiger charge is 2.15. The minimum absolute atomic E-state index is 0.170. The van der Waals surface area contributed by atoms with E-state index in [1.54, 1.807) is 6.07 Å². The molecule has 2 aromatic rings. The number of carbonyl (C=O) groups excluding carboxylic acids is 1. The Kier molecular flexibility index (Phi) is 4.43. The van der Waals surface area contributed by atoms with E-state index in [4.69, 9.17) is 4.42 Å². The normalized spacial score (nSPS) is 12.2. The smallest absolute Gasteiger partial charge is 0.260 e. The molecule has 0 aliphatic carbocycles. The number of hydrogen-bond donors (Lipinski definition) is 1. The van der Waals surface area contributed by atoms with E-state index in [-0.39, 0.29) is 5.91 Å². The standard InChI is InChI=1S/C15H16BrNO2/c1-3-10(2)11-6-4-5-7-13(11)17-15(18)12-8-9-19-14(12)16/h4-10H,3H2,1-2H3,(H,17,18). The first-order chi connectivity index (χ1) is 9.13. The fourth-order valence-electron chi connectivity index (χ4n) is 1.91. The molecule has 1 amide bonds. The largest absolute Gasteiger partial charge is 0.457 e. The highest BCUT2D eigenvalue weighted by Crippen LogP contribution is 2.27. The molecule has 0 saturated heterocycles. The minimum Gasteiger partial charge on any atom is -0.457 e. The van der Waals surface area contributed by atoms with E-state index >= 15 is 0 Å². The van der Waals surface area contributed by atoms with Gasteiger partial charge in [-0.05, 0) is 46.0 Å². The SMILES string of the molecule is CCC(C)c1ccccc1NC(=O)c1ccoc1Br. The van der Waals surface area contributed by atoms with Gasteiger partial charge in [0.05, 0.1) is 11.8 Å². The zero-order valence-electron chi connectivity index (χ0n) is 10.9. The van der Waals surface area contributed by atoms with Gasteiger partial charge in [0.2, 0.25) is 0 Å². The van der Waals surface area contributed by atoms with E-state index in [0.29, 0.717) is 16.2 Å². The minimum atomic E-state index is -0.170. The Bertz CT molecular complexity index is 577. The predicted molar refractivity (Wildman–Crippen MR) is 79.5 cm³/mol. The van der Waals surface area contributed by atoms with Gasteiger partial charge in [0, 0.05) is 5.69 Å². The highest BCUT2D eigenvalue weighted by molar-refractivity contribution is 9.10. The summed E-state index contributed by atoms with van der Waals surface area (Å²) < 4.78 is 5.53. The lowest BCUT2D eigenvalue weighted by Crippen LogP contribution is -2.13. The molecule has 2 rings (SSSR count). The van der Waals surface area contributed by atoms with Crippen LogP contribution < -0.4 is 5.32 Å². The second-order valence-corrected chi connectivity index (χ2v) is 5.18. The second kappa shape index (κ2) is 6.06. The first-order valence-corrected chi connectivity index (χ1v) is 7.06. The highest BCUT2D eigenvalue weighted by atomic mass is 79.9. The zero-order valence-corrected chi connectivity index (χ0v) is 12.5. The molecule has 0 aliphatic rings. The van der Waals surface area contributed by atoms with Crippen LogP contribution in [0.15, 0.2) is 45.7 Å². The lowest BCUT2D eigenvalue weighted by Gasteiger charge is -2.15. The summed E-state index contributed by atoms with van der Waals surface area (Å²) in [6.45, 7) is 4.29. The molecular weight excluding hydrogens is 306 g/mol. The van der Waals surface area contributed by atoms with Crippen molar-refractivity contribution < 1.29 is 9.21 Å². The van der Waals surface area contributed by atoms with Crippen molar-refractivity contribution in [1.82, 2.24) is 0 Å². The lowest BCUT2D eigenvalue weighted by molar-refractivity contribution is 0.102. The summed E-state index contributed by atoms with van der Waals surface area (Å²) in [5, 5.41) is 2.94. The molecule has 1 atom stereocenters. The van der Waals surface area contributed by atoms with Crippen molar-refractivity contribution in [2.45, 2.75) is 26.2 Å². The van der Waals surface area contributed by atoms with Crippen molar-refractivity contribution in [1.29, 1.82) is 0 Å². The predicted octanol–water partition coefficient (Wildman–Crippen LogP) is 4.81. The Morgan fingerprint density at radius 1 is 1.37 bits per heavy atom. The Morgan fingerprint density at radius 2 is 2.11 bits per heavy atom. The maximum Gasteiger partial charge on any atom is 0.260 e. The van der Waals surface area contributed by atoms with E-state index in [9.17, 15) is 4.79 Å². The van der Waals surface area contributed by atoms with E-state index in [0.717, 1.165) is 17.7 Å². The molecule has 1 N–H and O–H groups in total. The summed E-state index contributed by atoms with van der Waals surface area (Å²) in [4.78, 5) is 12.2. The van der Waals surface area contributed by atoms with Crippen molar-refractivity contribution in [2.75, 3.05) is 5.32 Å². The first kappa shape index (κ1) is 13.9. The van der Waals surface area contributed by atoms with Gasteiger partial charge in [0.15, 0.2) is 4.67 Å². The Balaban J connectivity index is 2.24. The van der Waals surface area contributed by atoms with E-state index in [2.05, 4.69) is 35.1 Å². The molecule has 0 bridgehead atoms. The van der Waals surface area contributed by atoms with Crippen molar-refractivity contribution >= 4 is 27.5 Å². The number of benzene rings is 1. The van der Waals surface area contributed by atoms with Crippen LogP contribution in [0, 0.1) is 0 Å². The summed E-state index contributed by atoms with van der Waals surface area (Å²) in [6, 6.07) is 9.53. The maximum atomic E-state index is 12.2. The summed E-state index contributed by atoms with van der Waals surface area (Å²) in [6.07, 6.45) is 2.52. The van der Waals surface area contributed by atoms with Crippen molar-refractivity contribution in [3.8, 4) is 0 Å². The van der Waals surface area contributed by atoms with Crippen LogP contribution in [-0.4, -0.2) is 5.91 Å². The van der Waals surface area contributed by atoms with Crippen LogP contribution in [0.4, 0.5) is 5.69 Å². The van der Waals surface area contributed by atoms with Crippen LogP contribution in [0.5, 0.6) is 0 Å². The van der Waals surface area contributed by atoms with Crippen LogP contribution in [0.25, 0.3) is 0 Å². The molecule has 0 aliphatic heterocycles. The average molecular weight is 322 g/mol. The van der Waals surface area contributed by atoms with Crippen LogP contribution in [0.2, 0.25) is 0 Å². The number of para-hydroxylation sites is 1. The van der Waals surface area contributed by atoms with Gasteiger partial charge in [-0.3, -0.25) is 4.79 Å². The third-order valence-electron chi connectivity index (χ3n) is 3.21. The number of nitrogens with one attached hydrogen (secondary N) is 1. The molecular formula is C15H16BrNO2. The van der Waals surface area contributed by atoms with Crippen molar-refractivity contribution in [3.63, 3.8) is 0 Å². The molecule has 4 heteroatoms. The van der Waals surface area contributed by atoms with Gasteiger partial charge in [0.1, 0.15) is 0 Å². The third-order valence-corrected chi connectivity index (χ3v) is 3.83. The molecule has 0 radical (unpaired) electrons. The van der Waals surface area contributed by atoms with Gasteiger partial charge in [-0.15, -0.1) is 0 Å². The Hall–Kier alpha value is -1.55. The monoisotopic (exact) mass is 321 g/mol. The summed E-state index contributed by atoms with van der Waals surface area (Å²) in [5.74, 6) is 0.237. The first-order valence-electron chi connectivity index (χ1n) is 6.26. The summed E-state index contributed by atoms with van der Waals surface area (Å²) in [5.41, 5.74) is 2.51. The lowest BCUT2D eigenvalue weighted by atomic mass is 9.97. The van der Waals surface area contributed by atoms with Gasteiger partial charge in [-0.25, -0.2) is 0 Å². The van der Waals surface area contributed by atoms with Gasteiger partial charge in [-0.2, -0.15) is 0 Å². The number of carbonyl (C=O) groups is 1. The third kappa shape index (κ3) is 3.07. The van der Waals surface area contributed by atoms with Gasteiger partial charge < -0.3 is 9.73 Å². The number of furan rings is 1. The molecule has 0 saturated carbocycles. The molecule has 0 spiro atoms. The average Bonchev–Trinajstić information content (AvgIpc) is 2.85. The van der Waals surface area contributed by atoms with Gasteiger partial charge in [0.25, 0.3) is 5.91 Å². The van der Waals surface area contributed by atoms with Crippen LogP contribution >= 0.6 is 15.9 Å². The molecule has 1 aromatic heterocycles. The van der Waals surface area contributed by atoms with Crippen molar-refractivity contribution in [3.05, 3.63) is 52.4 Å². The van der Waals surface area contributed by atoms with Crippen LogP contribution in [0.3, 0.4) is 0 Å². The summed E-state index contributed by atoms with van der Waals surface area (Å²) in [7, 11) is 0. The van der Waals surface area contributed by atoms with E-state index in [1.807, 2.05) is 24.3 Å². The van der Waals surface area contributed by atoms with Gasteiger partial charge >= 0.3 is 0 Å². The Labute approximate surface area is 121 Å². The van der Waals surface area contributed by atoms with E-state index < -0.39 is 0 Å². The zero-order chi connectivity index (χ0) is 13.8. The number of hydrogen-bond acceptors (Lipinski definition) is 2. The van der Waals surface area contributed by atoms with Crippen LogP contribution in [0.1, 0.15) is 42.1 Å². The number of amides is 1. The molecule has 19 heavy (non-hydrogen) atoms. The fourth-order valence-corrected chi connectivity index (χ4v) is 2.33. The molecule has 1 aromatic carbocycles. The quantitative estimate of drug-likeness (QED) is 0.878. The molecule has 1 unspecified atom stereocenters. The molecule has 1 heterocycles. The number of anilines is 1. The van der Waals surface area contributed by atoms with E-state index in [1.165, 1.54) is 6.26 Å². The molecule has 0 fully saturated rings. The number of halogens is 1. The van der Waals surface area contributed by atoms with Crippen LogP contribution in [-0.2, 0) is 0 Å². The maximum absolute atomic E-state index is 12.2. The molecule has 3 nitrogen and oxygen atoms in total. The van der Waals surface area contributed by atoms with Gasteiger partial charge in [-0.1, -0.05) is 32.0 Å². The molecule has 100 valence electrons. The second-order valence-electron chi connectivity index (χ2n) is 4.46. The topological polar surface area (TPSA) is 42.2 Å². The van der Waals surface area contributed by atoms with Crippen molar-refractivity contribution in [2.24, 2.45) is 0 Å². The fraction of sp³-hybridized carbons (Fsp3) is 0.267. The summed E-state index contributed by atoms with van der Waals surface area (Å²) >= 11 is 3.21. The number of rotatable bonds is 4. The Morgan fingerprint density at radius 3 is 2.74 bits per heavy atom.